The van der Waals surface area contributed by atoms with Crippen molar-refractivity contribution < 1.29 is 15.2 Å². The second-order valence-corrected chi connectivity index (χ2v) is 7.88. The van der Waals surface area contributed by atoms with Crippen LogP contribution in [0.25, 0.3) is 0 Å². The Hall–Kier alpha value is -1.84. The molecule has 3 N–H and O–H groups in total. The summed E-state index contributed by atoms with van der Waals surface area (Å²) in [5.41, 5.74) is 2.84. The second-order valence-electron chi connectivity index (χ2n) is 7.88. The number of ether oxygens (including phenoxy) is 1. The molecule has 1 fully saturated rings. The third kappa shape index (κ3) is 4.62. The first-order valence-corrected chi connectivity index (χ1v) is 9.28. The molecular weight excluding hydrogens is 310 g/mol. The second kappa shape index (κ2) is 7.59. The van der Waals surface area contributed by atoms with E-state index in [1.807, 2.05) is 12.1 Å². The lowest BCUT2D eigenvalue weighted by Crippen LogP contribution is -2.83. The van der Waals surface area contributed by atoms with Crippen molar-refractivity contribution in [3.63, 3.8) is 0 Å². The summed E-state index contributed by atoms with van der Waals surface area (Å²) in [6, 6.07) is 18.5. The number of phenolic OH excluding ortho intramolecular Hbond substituents is 1. The van der Waals surface area contributed by atoms with E-state index >= 15 is 0 Å². The average Bonchev–Trinajstić information content (AvgIpc) is 2.60. The molecule has 1 saturated heterocycles. The molecule has 3 heteroatoms. The van der Waals surface area contributed by atoms with Crippen molar-refractivity contribution in [1.29, 1.82) is 0 Å². The van der Waals surface area contributed by atoms with Gasteiger partial charge in [0.2, 0.25) is 0 Å². The standard InChI is InChI=1S/C22H29NO2/c1-21(2)17-22(13-15-25-21,19-6-4-3-5-7-19)12-14-23-16-18-8-10-20(24)11-9-18/h3-11,23-24H,12-17H2,1-2H3/p+1/t22-/m0/s1. The predicted octanol–water partition coefficient (Wildman–Crippen LogP) is 3.37. The van der Waals surface area contributed by atoms with E-state index in [1.54, 1.807) is 12.1 Å². The third-order valence-electron chi connectivity index (χ3n) is 5.37. The lowest BCUT2D eigenvalue weighted by atomic mass is 9.67. The van der Waals surface area contributed by atoms with E-state index in [2.05, 4.69) is 49.5 Å². The summed E-state index contributed by atoms with van der Waals surface area (Å²) >= 11 is 0. The maximum absolute atomic E-state index is 9.39. The summed E-state index contributed by atoms with van der Waals surface area (Å²) in [4.78, 5) is 0. The van der Waals surface area contributed by atoms with E-state index in [1.165, 1.54) is 11.1 Å². The lowest BCUT2D eigenvalue weighted by molar-refractivity contribution is -0.672. The molecule has 0 radical (unpaired) electrons. The van der Waals surface area contributed by atoms with Crippen molar-refractivity contribution >= 4 is 0 Å². The number of rotatable bonds is 6. The van der Waals surface area contributed by atoms with Crippen LogP contribution in [0.2, 0.25) is 0 Å². The first-order chi connectivity index (χ1) is 12.0. The Bertz CT molecular complexity index is 666. The quantitative estimate of drug-likeness (QED) is 0.792. The fourth-order valence-corrected chi connectivity index (χ4v) is 4.15. The number of phenols is 1. The highest BCUT2D eigenvalue weighted by molar-refractivity contribution is 5.27. The van der Waals surface area contributed by atoms with Crippen LogP contribution in [0.15, 0.2) is 54.6 Å². The summed E-state index contributed by atoms with van der Waals surface area (Å²) < 4.78 is 6.00. The number of aromatic hydroxyl groups is 1. The van der Waals surface area contributed by atoms with Crippen LogP contribution in [0.5, 0.6) is 5.75 Å². The highest BCUT2D eigenvalue weighted by Gasteiger charge is 2.42. The van der Waals surface area contributed by atoms with Gasteiger partial charge < -0.3 is 15.2 Å². The van der Waals surface area contributed by atoms with Gasteiger partial charge in [0.15, 0.2) is 0 Å². The van der Waals surface area contributed by atoms with Gasteiger partial charge in [-0.05, 0) is 56.5 Å². The molecule has 2 aromatic rings. The van der Waals surface area contributed by atoms with Gasteiger partial charge in [0, 0.05) is 24.0 Å². The Morgan fingerprint density at radius 3 is 2.44 bits per heavy atom. The molecule has 3 rings (SSSR count). The normalized spacial score (nSPS) is 22.6. The van der Waals surface area contributed by atoms with Gasteiger partial charge in [-0.2, -0.15) is 0 Å². The summed E-state index contributed by atoms with van der Waals surface area (Å²) in [5, 5.41) is 11.8. The fraction of sp³-hybridized carbons (Fsp3) is 0.455. The topological polar surface area (TPSA) is 46.1 Å². The van der Waals surface area contributed by atoms with Gasteiger partial charge in [-0.1, -0.05) is 30.3 Å². The minimum absolute atomic E-state index is 0.0644. The van der Waals surface area contributed by atoms with Crippen molar-refractivity contribution in [2.75, 3.05) is 13.2 Å². The zero-order valence-corrected chi connectivity index (χ0v) is 15.4. The third-order valence-corrected chi connectivity index (χ3v) is 5.37. The largest absolute Gasteiger partial charge is 0.508 e. The molecule has 1 heterocycles. The van der Waals surface area contributed by atoms with Crippen LogP contribution in [0, 0.1) is 0 Å². The highest BCUT2D eigenvalue weighted by atomic mass is 16.5. The van der Waals surface area contributed by atoms with Gasteiger partial charge in [-0.3, -0.25) is 0 Å². The van der Waals surface area contributed by atoms with Crippen LogP contribution in [-0.4, -0.2) is 23.9 Å². The molecule has 25 heavy (non-hydrogen) atoms. The molecule has 3 nitrogen and oxygen atoms in total. The highest BCUT2D eigenvalue weighted by Crippen LogP contribution is 2.43. The molecule has 0 spiro atoms. The Morgan fingerprint density at radius 2 is 1.76 bits per heavy atom. The van der Waals surface area contributed by atoms with E-state index in [4.69, 9.17) is 4.74 Å². The van der Waals surface area contributed by atoms with Crippen molar-refractivity contribution in [3.05, 3.63) is 65.7 Å². The number of benzene rings is 2. The van der Waals surface area contributed by atoms with Gasteiger partial charge in [0.1, 0.15) is 12.3 Å². The van der Waals surface area contributed by atoms with Crippen molar-refractivity contribution in [2.45, 2.75) is 50.7 Å². The molecule has 0 aliphatic carbocycles. The number of quaternary nitrogens is 1. The molecule has 1 aliphatic heterocycles. The number of hydrogen-bond acceptors (Lipinski definition) is 2. The van der Waals surface area contributed by atoms with E-state index < -0.39 is 0 Å². The molecule has 134 valence electrons. The van der Waals surface area contributed by atoms with Gasteiger partial charge in [-0.25, -0.2) is 0 Å². The van der Waals surface area contributed by atoms with Crippen LogP contribution < -0.4 is 5.32 Å². The minimum atomic E-state index is -0.0644. The first kappa shape index (κ1) is 18.0. The molecule has 1 atom stereocenters. The zero-order chi connectivity index (χ0) is 17.8. The average molecular weight is 340 g/mol. The Balaban J connectivity index is 1.65. The van der Waals surface area contributed by atoms with Crippen molar-refractivity contribution in [3.8, 4) is 5.75 Å². The first-order valence-electron chi connectivity index (χ1n) is 9.28. The van der Waals surface area contributed by atoms with E-state index in [0.717, 1.165) is 39.0 Å². The van der Waals surface area contributed by atoms with Crippen LogP contribution >= 0.6 is 0 Å². The lowest BCUT2D eigenvalue weighted by Gasteiger charge is -2.45. The predicted molar refractivity (Wildman–Crippen MR) is 101 cm³/mol. The monoisotopic (exact) mass is 340 g/mol. The summed E-state index contributed by atoms with van der Waals surface area (Å²) in [5.74, 6) is 0.330. The maximum atomic E-state index is 9.39. The molecule has 0 unspecified atom stereocenters. The zero-order valence-electron chi connectivity index (χ0n) is 15.4. The smallest absolute Gasteiger partial charge is 0.115 e. The maximum Gasteiger partial charge on any atom is 0.115 e. The van der Waals surface area contributed by atoms with Gasteiger partial charge in [0.25, 0.3) is 0 Å². The Labute approximate surface area is 151 Å². The van der Waals surface area contributed by atoms with Gasteiger partial charge in [0.05, 0.1) is 12.1 Å². The van der Waals surface area contributed by atoms with Crippen LogP contribution in [0.4, 0.5) is 0 Å². The number of hydrogen-bond donors (Lipinski definition) is 2. The Morgan fingerprint density at radius 1 is 1.04 bits per heavy atom. The van der Waals surface area contributed by atoms with Crippen LogP contribution in [0.3, 0.4) is 0 Å². The van der Waals surface area contributed by atoms with Crippen molar-refractivity contribution in [2.24, 2.45) is 0 Å². The summed E-state index contributed by atoms with van der Waals surface area (Å²) in [6.07, 6.45) is 3.31. The van der Waals surface area contributed by atoms with E-state index in [9.17, 15) is 5.11 Å². The number of nitrogens with two attached hydrogens (primary N) is 1. The Kier molecular flexibility index (Phi) is 5.45. The van der Waals surface area contributed by atoms with Crippen LogP contribution in [0.1, 0.15) is 44.2 Å². The van der Waals surface area contributed by atoms with E-state index in [0.29, 0.717) is 5.75 Å². The fourth-order valence-electron chi connectivity index (χ4n) is 4.15. The van der Waals surface area contributed by atoms with E-state index in [-0.39, 0.29) is 11.0 Å². The molecule has 0 aromatic heterocycles. The summed E-state index contributed by atoms with van der Waals surface area (Å²) in [6.45, 7) is 7.30. The van der Waals surface area contributed by atoms with Gasteiger partial charge in [-0.15, -0.1) is 0 Å². The molecule has 2 aromatic carbocycles. The molecule has 0 bridgehead atoms. The summed E-state index contributed by atoms with van der Waals surface area (Å²) in [7, 11) is 0. The van der Waals surface area contributed by atoms with Gasteiger partial charge >= 0.3 is 0 Å². The molecule has 0 amide bonds. The molecular formula is C22H30NO2+. The molecule has 1 aliphatic rings. The SMILES string of the molecule is CC1(C)C[C@@](CC[NH2+]Cc2ccc(O)cc2)(c2ccccc2)CCO1. The molecule has 0 saturated carbocycles. The van der Waals surface area contributed by atoms with Crippen LogP contribution in [-0.2, 0) is 16.7 Å². The minimum Gasteiger partial charge on any atom is -0.508 e. The van der Waals surface area contributed by atoms with Crippen molar-refractivity contribution in [1.82, 2.24) is 0 Å².